The van der Waals surface area contributed by atoms with Gasteiger partial charge >= 0.3 is 0 Å². The number of nitrogens with one attached hydrogen (secondary N) is 3. The number of carbonyl (C=O) groups excluding carboxylic acids is 1. The number of hydrogen-bond donors (Lipinski definition) is 4. The lowest BCUT2D eigenvalue weighted by molar-refractivity contribution is 0.0919. The van der Waals surface area contributed by atoms with E-state index in [1.807, 2.05) is 52.0 Å². The number of amides is 1. The number of benzene rings is 1. The van der Waals surface area contributed by atoms with Crippen molar-refractivity contribution in [2.24, 2.45) is 4.99 Å². The van der Waals surface area contributed by atoms with Gasteiger partial charge in [0.25, 0.3) is 5.91 Å². The normalized spacial score (nSPS) is 20.1. The molecule has 0 spiro atoms. The molecular formula is C21H35IN4O2. The van der Waals surface area contributed by atoms with E-state index in [4.69, 9.17) is 0 Å². The molecule has 1 aromatic carbocycles. The molecule has 4 N–H and O–H groups in total. The Labute approximate surface area is 186 Å². The molecule has 2 rings (SSSR count). The van der Waals surface area contributed by atoms with Gasteiger partial charge in [-0.25, -0.2) is 4.99 Å². The zero-order valence-corrected chi connectivity index (χ0v) is 19.7. The number of halogens is 1. The summed E-state index contributed by atoms with van der Waals surface area (Å²) >= 11 is 0. The summed E-state index contributed by atoms with van der Waals surface area (Å²) in [7, 11) is 0. The Morgan fingerprint density at radius 3 is 2.50 bits per heavy atom. The Morgan fingerprint density at radius 2 is 1.89 bits per heavy atom. The molecule has 0 aromatic heterocycles. The van der Waals surface area contributed by atoms with Crippen LogP contribution in [0.4, 0.5) is 0 Å². The number of carbonyl (C=O) groups is 1. The Kier molecular flexibility index (Phi) is 10.2. The maximum Gasteiger partial charge on any atom is 0.251 e. The van der Waals surface area contributed by atoms with Gasteiger partial charge in [-0.15, -0.1) is 24.0 Å². The minimum Gasteiger partial charge on any atom is -0.393 e. The third-order valence-corrected chi connectivity index (χ3v) is 4.48. The number of aliphatic hydroxyl groups excluding tert-OH is 1. The molecule has 0 radical (unpaired) electrons. The van der Waals surface area contributed by atoms with Gasteiger partial charge in [0.1, 0.15) is 0 Å². The Hall–Kier alpha value is -1.35. The van der Waals surface area contributed by atoms with Crippen LogP contribution < -0.4 is 16.0 Å². The smallest absolute Gasteiger partial charge is 0.251 e. The molecule has 28 heavy (non-hydrogen) atoms. The standard InChI is InChI=1S/C21H34N4O2.HI/c1-5-22-20(24-17-9-11-18(26)12-10-17)23-14-15-7-6-8-16(13-15)19(27)25-21(2,3)4;/h6-8,13,17-18,26H,5,9-12,14H2,1-4H3,(H,25,27)(H2,22,23,24);1H. The number of rotatable bonds is 5. The van der Waals surface area contributed by atoms with Gasteiger partial charge in [0.05, 0.1) is 12.6 Å². The van der Waals surface area contributed by atoms with Crippen molar-refractivity contribution >= 4 is 35.8 Å². The number of hydrogen-bond acceptors (Lipinski definition) is 3. The van der Waals surface area contributed by atoms with Gasteiger partial charge in [0.2, 0.25) is 0 Å². The minimum atomic E-state index is -0.263. The maximum atomic E-state index is 12.4. The monoisotopic (exact) mass is 502 g/mol. The van der Waals surface area contributed by atoms with Gasteiger partial charge in [0, 0.05) is 23.7 Å². The summed E-state index contributed by atoms with van der Waals surface area (Å²) in [4.78, 5) is 17.0. The van der Waals surface area contributed by atoms with Gasteiger partial charge in [0.15, 0.2) is 5.96 Å². The van der Waals surface area contributed by atoms with E-state index in [-0.39, 0.29) is 41.5 Å². The Bertz CT molecular complexity index is 650. The van der Waals surface area contributed by atoms with E-state index in [1.54, 1.807) is 0 Å². The van der Waals surface area contributed by atoms with Crippen molar-refractivity contribution in [3.63, 3.8) is 0 Å². The highest BCUT2D eigenvalue weighted by Gasteiger charge is 2.20. The van der Waals surface area contributed by atoms with Gasteiger partial charge in [-0.2, -0.15) is 0 Å². The van der Waals surface area contributed by atoms with Crippen molar-refractivity contribution in [1.29, 1.82) is 0 Å². The van der Waals surface area contributed by atoms with Gasteiger partial charge in [-0.05, 0) is 71.1 Å². The molecule has 1 saturated carbocycles. The average molecular weight is 502 g/mol. The second-order valence-corrected chi connectivity index (χ2v) is 8.25. The quantitative estimate of drug-likeness (QED) is 0.283. The first kappa shape index (κ1) is 24.7. The van der Waals surface area contributed by atoms with Crippen LogP contribution in [-0.2, 0) is 6.54 Å². The first-order valence-corrected chi connectivity index (χ1v) is 9.91. The molecule has 0 aliphatic heterocycles. The Balaban J connectivity index is 0.00000392. The second-order valence-electron chi connectivity index (χ2n) is 8.25. The van der Waals surface area contributed by atoms with E-state index in [0.29, 0.717) is 18.2 Å². The molecule has 0 saturated heterocycles. The number of guanidine groups is 1. The van der Waals surface area contributed by atoms with Crippen molar-refractivity contribution in [2.45, 2.75) is 77.6 Å². The van der Waals surface area contributed by atoms with Gasteiger partial charge in [-0.1, -0.05) is 12.1 Å². The van der Waals surface area contributed by atoms with E-state index in [2.05, 4.69) is 20.9 Å². The fraction of sp³-hybridized carbons (Fsp3) is 0.619. The molecule has 0 bridgehead atoms. The summed E-state index contributed by atoms with van der Waals surface area (Å²) in [5.74, 6) is 0.711. The fourth-order valence-electron chi connectivity index (χ4n) is 3.13. The average Bonchev–Trinajstić information content (AvgIpc) is 2.60. The molecule has 1 aliphatic rings. The summed E-state index contributed by atoms with van der Waals surface area (Å²) in [6.07, 6.45) is 3.41. The summed E-state index contributed by atoms with van der Waals surface area (Å²) in [6, 6.07) is 7.94. The zero-order valence-electron chi connectivity index (χ0n) is 17.4. The summed E-state index contributed by atoms with van der Waals surface area (Å²) in [5.41, 5.74) is 1.38. The minimum absolute atomic E-state index is 0. The first-order valence-electron chi connectivity index (χ1n) is 9.91. The van der Waals surface area contributed by atoms with Crippen molar-refractivity contribution < 1.29 is 9.90 Å². The summed E-state index contributed by atoms with van der Waals surface area (Å²) in [6.45, 7) is 9.24. The molecule has 0 heterocycles. The predicted molar refractivity (Wildman–Crippen MR) is 125 cm³/mol. The fourth-order valence-corrected chi connectivity index (χ4v) is 3.13. The van der Waals surface area contributed by atoms with Crippen LogP contribution >= 0.6 is 24.0 Å². The van der Waals surface area contributed by atoms with E-state index < -0.39 is 0 Å². The van der Waals surface area contributed by atoms with Crippen LogP contribution in [0.25, 0.3) is 0 Å². The molecule has 6 nitrogen and oxygen atoms in total. The highest BCUT2D eigenvalue weighted by Crippen LogP contribution is 2.18. The number of aliphatic imine (C=N–C) groups is 1. The van der Waals surface area contributed by atoms with Crippen LogP contribution in [-0.4, -0.2) is 41.2 Å². The van der Waals surface area contributed by atoms with Crippen LogP contribution in [0, 0.1) is 0 Å². The molecular weight excluding hydrogens is 467 g/mol. The topological polar surface area (TPSA) is 85.8 Å². The largest absolute Gasteiger partial charge is 0.393 e. The first-order chi connectivity index (χ1) is 12.8. The van der Waals surface area contributed by atoms with Crippen molar-refractivity contribution in [1.82, 2.24) is 16.0 Å². The van der Waals surface area contributed by atoms with Crippen LogP contribution in [0.5, 0.6) is 0 Å². The van der Waals surface area contributed by atoms with E-state index in [9.17, 15) is 9.90 Å². The molecule has 1 aliphatic carbocycles. The van der Waals surface area contributed by atoms with E-state index in [0.717, 1.165) is 43.8 Å². The van der Waals surface area contributed by atoms with Crippen LogP contribution in [0.2, 0.25) is 0 Å². The predicted octanol–water partition coefficient (Wildman–Crippen LogP) is 3.19. The lowest BCUT2D eigenvalue weighted by Crippen LogP contribution is -2.45. The van der Waals surface area contributed by atoms with E-state index in [1.165, 1.54) is 0 Å². The third kappa shape index (κ3) is 8.77. The Morgan fingerprint density at radius 1 is 1.21 bits per heavy atom. The van der Waals surface area contributed by atoms with Crippen molar-refractivity contribution in [2.75, 3.05) is 6.54 Å². The van der Waals surface area contributed by atoms with Crippen molar-refractivity contribution in [3.8, 4) is 0 Å². The molecule has 158 valence electrons. The van der Waals surface area contributed by atoms with Crippen LogP contribution in [0.3, 0.4) is 0 Å². The van der Waals surface area contributed by atoms with Crippen LogP contribution in [0.1, 0.15) is 69.3 Å². The molecule has 1 amide bonds. The molecule has 7 heteroatoms. The molecule has 0 atom stereocenters. The van der Waals surface area contributed by atoms with E-state index >= 15 is 0 Å². The maximum absolute atomic E-state index is 12.4. The number of nitrogens with zero attached hydrogens (tertiary/aromatic N) is 1. The molecule has 1 fully saturated rings. The lowest BCUT2D eigenvalue weighted by atomic mass is 9.93. The SMILES string of the molecule is CCNC(=NCc1cccc(C(=O)NC(C)(C)C)c1)NC1CCC(O)CC1.I. The molecule has 0 unspecified atom stereocenters. The summed E-state index contributed by atoms with van der Waals surface area (Å²) < 4.78 is 0. The summed E-state index contributed by atoms with van der Waals surface area (Å²) in [5, 5.41) is 19.4. The van der Waals surface area contributed by atoms with Gasteiger partial charge < -0.3 is 21.1 Å². The number of aliphatic hydroxyl groups is 1. The highest BCUT2D eigenvalue weighted by molar-refractivity contribution is 14.0. The van der Waals surface area contributed by atoms with Gasteiger partial charge in [-0.3, -0.25) is 4.79 Å². The second kappa shape index (κ2) is 11.6. The zero-order chi connectivity index (χ0) is 19.9. The lowest BCUT2D eigenvalue weighted by Gasteiger charge is -2.27. The third-order valence-electron chi connectivity index (χ3n) is 4.48. The van der Waals surface area contributed by atoms with Crippen LogP contribution in [0.15, 0.2) is 29.3 Å². The molecule has 1 aromatic rings. The highest BCUT2D eigenvalue weighted by atomic mass is 127. The van der Waals surface area contributed by atoms with Crippen molar-refractivity contribution in [3.05, 3.63) is 35.4 Å².